The van der Waals surface area contributed by atoms with Crippen molar-refractivity contribution in [3.05, 3.63) is 71.9 Å². The van der Waals surface area contributed by atoms with Crippen molar-refractivity contribution in [3.63, 3.8) is 0 Å². The van der Waals surface area contributed by atoms with Gasteiger partial charge in [-0.05, 0) is 36.8 Å². The number of amides is 2. The standard InChI is InChI=1S/C24H20N4O2/c1-2-3-14-28-21-12-5-4-8-17(21)22(24(28)30)18(15-25)23(29)27-20-11-6-10-19-16(20)9-7-13-26-19/h4-13H,2-3,14H2,1H3,(H,27,29). The Bertz CT molecular complexity index is 1220. The number of unbranched alkanes of at least 4 members (excludes halogenated alkanes) is 1. The lowest BCUT2D eigenvalue weighted by Crippen LogP contribution is -2.28. The summed E-state index contributed by atoms with van der Waals surface area (Å²) in [5, 5.41) is 13.4. The molecule has 0 fully saturated rings. The molecule has 6 heteroatoms. The zero-order valence-electron chi connectivity index (χ0n) is 16.6. The van der Waals surface area contributed by atoms with E-state index in [0.717, 1.165) is 29.4 Å². The number of hydrogen-bond acceptors (Lipinski definition) is 4. The minimum Gasteiger partial charge on any atom is -0.321 e. The number of nitrogens with zero attached hydrogens (tertiary/aromatic N) is 3. The second-order valence-corrected chi connectivity index (χ2v) is 7.02. The lowest BCUT2D eigenvalue weighted by Gasteiger charge is -2.16. The summed E-state index contributed by atoms with van der Waals surface area (Å²) in [6, 6.07) is 18.3. The fourth-order valence-electron chi connectivity index (χ4n) is 3.68. The molecule has 1 aliphatic rings. The van der Waals surface area contributed by atoms with Gasteiger partial charge in [0.15, 0.2) is 0 Å². The second kappa shape index (κ2) is 8.18. The first-order valence-electron chi connectivity index (χ1n) is 9.86. The molecule has 0 aliphatic carbocycles. The van der Waals surface area contributed by atoms with E-state index in [9.17, 15) is 14.9 Å². The topological polar surface area (TPSA) is 86.1 Å². The minimum atomic E-state index is -0.607. The zero-order chi connectivity index (χ0) is 21.1. The lowest BCUT2D eigenvalue weighted by molar-refractivity contribution is -0.114. The maximum absolute atomic E-state index is 13.2. The van der Waals surface area contributed by atoms with Crippen LogP contribution in [-0.2, 0) is 9.59 Å². The van der Waals surface area contributed by atoms with E-state index >= 15 is 0 Å². The van der Waals surface area contributed by atoms with Crippen molar-refractivity contribution >= 4 is 39.7 Å². The van der Waals surface area contributed by atoms with Crippen LogP contribution in [0, 0.1) is 11.3 Å². The SMILES string of the molecule is CCCCN1C(=O)C(=C(C#N)C(=O)Nc2cccc3ncccc23)c2ccccc21. The zero-order valence-corrected chi connectivity index (χ0v) is 16.6. The molecule has 2 aromatic carbocycles. The van der Waals surface area contributed by atoms with Crippen LogP contribution in [0.3, 0.4) is 0 Å². The number of benzene rings is 2. The summed E-state index contributed by atoms with van der Waals surface area (Å²) in [4.78, 5) is 32.2. The van der Waals surface area contributed by atoms with Crippen LogP contribution >= 0.6 is 0 Å². The number of carbonyl (C=O) groups excluding carboxylic acids is 2. The number of nitriles is 1. The third-order valence-electron chi connectivity index (χ3n) is 5.14. The Hall–Kier alpha value is -3.98. The van der Waals surface area contributed by atoms with Crippen LogP contribution in [0.4, 0.5) is 11.4 Å². The Kier molecular flexibility index (Phi) is 5.27. The molecule has 4 rings (SSSR count). The number of nitrogens with one attached hydrogen (secondary N) is 1. The van der Waals surface area contributed by atoms with Crippen molar-refractivity contribution in [2.24, 2.45) is 0 Å². The van der Waals surface area contributed by atoms with Gasteiger partial charge in [0.2, 0.25) is 0 Å². The van der Waals surface area contributed by atoms with E-state index in [0.29, 0.717) is 17.8 Å². The third-order valence-corrected chi connectivity index (χ3v) is 5.14. The number of hydrogen-bond donors (Lipinski definition) is 1. The highest BCUT2D eigenvalue weighted by Gasteiger charge is 2.36. The maximum Gasteiger partial charge on any atom is 0.267 e. The number of aromatic nitrogens is 1. The summed E-state index contributed by atoms with van der Waals surface area (Å²) in [6.07, 6.45) is 3.45. The lowest BCUT2D eigenvalue weighted by atomic mass is 10.0. The highest BCUT2D eigenvalue weighted by molar-refractivity contribution is 6.38. The Morgan fingerprint density at radius 1 is 1.13 bits per heavy atom. The van der Waals surface area contributed by atoms with Crippen LogP contribution < -0.4 is 10.2 Å². The molecule has 148 valence electrons. The van der Waals surface area contributed by atoms with E-state index in [2.05, 4.69) is 17.2 Å². The molecule has 0 bridgehead atoms. The van der Waals surface area contributed by atoms with Gasteiger partial charge in [-0.3, -0.25) is 14.6 Å². The summed E-state index contributed by atoms with van der Waals surface area (Å²) < 4.78 is 0. The van der Waals surface area contributed by atoms with E-state index in [-0.39, 0.29) is 17.1 Å². The van der Waals surface area contributed by atoms with Gasteiger partial charge in [-0.25, -0.2) is 0 Å². The summed E-state index contributed by atoms with van der Waals surface area (Å²) >= 11 is 0. The summed E-state index contributed by atoms with van der Waals surface area (Å²) in [6.45, 7) is 2.60. The maximum atomic E-state index is 13.2. The van der Waals surface area contributed by atoms with Gasteiger partial charge >= 0.3 is 0 Å². The van der Waals surface area contributed by atoms with Crippen molar-refractivity contribution < 1.29 is 9.59 Å². The van der Waals surface area contributed by atoms with Gasteiger partial charge in [0.1, 0.15) is 11.6 Å². The second-order valence-electron chi connectivity index (χ2n) is 7.02. The smallest absolute Gasteiger partial charge is 0.267 e. The fourth-order valence-corrected chi connectivity index (χ4v) is 3.68. The first-order chi connectivity index (χ1) is 14.7. The number of fused-ring (bicyclic) bond motifs is 2. The fraction of sp³-hybridized carbons (Fsp3) is 0.167. The molecular formula is C24H20N4O2. The average molecular weight is 396 g/mol. The summed E-state index contributed by atoms with van der Waals surface area (Å²) in [5.74, 6) is -0.916. The molecule has 0 atom stereocenters. The molecule has 6 nitrogen and oxygen atoms in total. The van der Waals surface area contributed by atoms with Gasteiger partial charge in [-0.2, -0.15) is 5.26 Å². The minimum absolute atomic E-state index is 0.153. The number of pyridine rings is 1. The number of rotatable bonds is 5. The van der Waals surface area contributed by atoms with Crippen molar-refractivity contribution in [1.29, 1.82) is 5.26 Å². The number of carbonyl (C=O) groups is 2. The van der Waals surface area contributed by atoms with Gasteiger partial charge in [-0.1, -0.05) is 37.6 Å². The molecule has 3 aromatic rings. The van der Waals surface area contributed by atoms with Crippen LogP contribution in [0.5, 0.6) is 0 Å². The first kappa shape index (κ1) is 19.3. The molecule has 1 aromatic heterocycles. The number of para-hydroxylation sites is 1. The Labute approximate surface area is 174 Å². The molecule has 0 saturated heterocycles. The van der Waals surface area contributed by atoms with Crippen LogP contribution in [0.25, 0.3) is 16.5 Å². The monoisotopic (exact) mass is 396 g/mol. The van der Waals surface area contributed by atoms with Crippen molar-refractivity contribution in [1.82, 2.24) is 4.98 Å². The highest BCUT2D eigenvalue weighted by atomic mass is 16.2. The van der Waals surface area contributed by atoms with Gasteiger partial charge in [0.25, 0.3) is 11.8 Å². The molecule has 0 radical (unpaired) electrons. The molecule has 2 amide bonds. The van der Waals surface area contributed by atoms with Crippen molar-refractivity contribution in [3.8, 4) is 6.07 Å². The molecule has 1 aliphatic heterocycles. The largest absolute Gasteiger partial charge is 0.321 e. The van der Waals surface area contributed by atoms with E-state index in [1.54, 1.807) is 41.4 Å². The van der Waals surface area contributed by atoms with Gasteiger partial charge < -0.3 is 10.2 Å². The highest BCUT2D eigenvalue weighted by Crippen LogP contribution is 2.38. The van der Waals surface area contributed by atoms with E-state index in [4.69, 9.17) is 0 Å². The Morgan fingerprint density at radius 3 is 2.77 bits per heavy atom. The van der Waals surface area contributed by atoms with Crippen molar-refractivity contribution in [2.45, 2.75) is 19.8 Å². The molecule has 2 heterocycles. The van der Waals surface area contributed by atoms with Crippen LogP contribution in [0.15, 0.2) is 66.4 Å². The van der Waals surface area contributed by atoms with E-state index < -0.39 is 5.91 Å². The molecule has 0 spiro atoms. The molecular weight excluding hydrogens is 376 g/mol. The Balaban J connectivity index is 1.76. The normalized spacial score (nSPS) is 14.4. The molecule has 0 unspecified atom stereocenters. The quantitative estimate of drug-likeness (QED) is 0.515. The van der Waals surface area contributed by atoms with E-state index in [1.807, 2.05) is 30.3 Å². The van der Waals surface area contributed by atoms with Gasteiger partial charge in [0.05, 0.1) is 22.5 Å². The van der Waals surface area contributed by atoms with Crippen LogP contribution in [-0.4, -0.2) is 23.3 Å². The van der Waals surface area contributed by atoms with Crippen LogP contribution in [0.2, 0.25) is 0 Å². The van der Waals surface area contributed by atoms with E-state index in [1.165, 1.54) is 0 Å². The van der Waals surface area contributed by atoms with Crippen LogP contribution in [0.1, 0.15) is 25.3 Å². The first-order valence-corrected chi connectivity index (χ1v) is 9.86. The molecule has 0 saturated carbocycles. The average Bonchev–Trinajstić information content (AvgIpc) is 3.05. The van der Waals surface area contributed by atoms with Gasteiger partial charge in [-0.15, -0.1) is 0 Å². The summed E-state index contributed by atoms with van der Waals surface area (Å²) in [5.41, 5.74) is 2.59. The number of anilines is 2. The van der Waals surface area contributed by atoms with Gasteiger partial charge in [0, 0.05) is 23.7 Å². The molecule has 1 N–H and O–H groups in total. The van der Waals surface area contributed by atoms with Crippen molar-refractivity contribution in [2.75, 3.05) is 16.8 Å². The summed E-state index contributed by atoms with van der Waals surface area (Å²) in [7, 11) is 0. The Morgan fingerprint density at radius 2 is 1.97 bits per heavy atom. The predicted octanol–water partition coefficient (Wildman–Crippen LogP) is 4.30. The predicted molar refractivity (Wildman–Crippen MR) is 117 cm³/mol. The molecule has 30 heavy (non-hydrogen) atoms. The third kappa shape index (κ3) is 3.31.